The zero-order valence-electron chi connectivity index (χ0n) is 10.7. The molecule has 0 aliphatic rings. The van der Waals surface area contributed by atoms with Crippen molar-refractivity contribution in [1.82, 2.24) is 20.2 Å². The van der Waals surface area contributed by atoms with E-state index in [1.54, 1.807) is 12.3 Å². The zero-order chi connectivity index (χ0) is 13.5. The quantitative estimate of drug-likeness (QED) is 0.799. The highest BCUT2D eigenvalue weighted by Gasteiger charge is 2.03. The van der Waals surface area contributed by atoms with Crippen molar-refractivity contribution in [3.8, 4) is 0 Å². The molecule has 2 aromatic rings. The van der Waals surface area contributed by atoms with Crippen LogP contribution in [-0.2, 0) is 17.9 Å². The van der Waals surface area contributed by atoms with Crippen molar-refractivity contribution in [1.29, 1.82) is 0 Å². The van der Waals surface area contributed by atoms with Crippen LogP contribution in [0.5, 0.6) is 0 Å². The number of hydrogen-bond donors (Lipinski definition) is 2. The Morgan fingerprint density at radius 3 is 3.00 bits per heavy atom. The largest absolute Gasteiger partial charge is 0.384 e. The highest BCUT2D eigenvalue weighted by Crippen LogP contribution is 2.10. The molecule has 7 heteroatoms. The first-order valence-corrected chi connectivity index (χ1v) is 5.99. The molecule has 0 aromatic carbocycles. The summed E-state index contributed by atoms with van der Waals surface area (Å²) in [6.45, 7) is 3.40. The van der Waals surface area contributed by atoms with Crippen LogP contribution in [0.25, 0.3) is 0 Å². The fraction of sp³-hybridized carbons (Fsp3) is 0.333. The Morgan fingerprint density at radius 1 is 1.37 bits per heavy atom. The number of hydrogen-bond acceptors (Lipinski definition) is 7. The molecule has 0 spiro atoms. The summed E-state index contributed by atoms with van der Waals surface area (Å²) in [7, 11) is 0. The normalized spacial score (nSPS) is 10.4. The number of nitrogens with zero attached hydrogens (tertiary/aromatic N) is 4. The van der Waals surface area contributed by atoms with Crippen LogP contribution in [-0.4, -0.2) is 26.8 Å². The lowest BCUT2D eigenvalue weighted by Gasteiger charge is -2.07. The van der Waals surface area contributed by atoms with Gasteiger partial charge in [-0.15, -0.1) is 0 Å². The first-order valence-electron chi connectivity index (χ1n) is 5.99. The van der Waals surface area contributed by atoms with E-state index in [1.807, 2.05) is 19.1 Å². The molecule has 7 nitrogen and oxygen atoms in total. The van der Waals surface area contributed by atoms with Crippen molar-refractivity contribution in [3.05, 3.63) is 35.9 Å². The standard InChI is InChI=1S/C12H16N6O/c1-2-19-8-12-16-10(13)6-11(17-12)14-7-9-4-3-5-15-18-9/h3-6H,2,7-8H2,1H3,(H3,13,14,16,17). The number of anilines is 2. The van der Waals surface area contributed by atoms with Crippen molar-refractivity contribution < 1.29 is 4.74 Å². The molecular formula is C12H16N6O. The van der Waals surface area contributed by atoms with Crippen LogP contribution in [0.1, 0.15) is 18.4 Å². The van der Waals surface area contributed by atoms with Crippen molar-refractivity contribution in [2.45, 2.75) is 20.1 Å². The molecule has 2 rings (SSSR count). The van der Waals surface area contributed by atoms with Crippen LogP contribution in [0.15, 0.2) is 24.4 Å². The fourth-order valence-electron chi connectivity index (χ4n) is 1.47. The maximum atomic E-state index is 5.73. The maximum Gasteiger partial charge on any atom is 0.158 e. The van der Waals surface area contributed by atoms with Gasteiger partial charge in [0.1, 0.15) is 18.2 Å². The number of nitrogens with two attached hydrogens (primary N) is 1. The summed E-state index contributed by atoms with van der Waals surface area (Å²) in [6.07, 6.45) is 1.63. The Hall–Kier alpha value is -2.28. The summed E-state index contributed by atoms with van der Waals surface area (Å²) in [4.78, 5) is 8.41. The van der Waals surface area contributed by atoms with E-state index in [2.05, 4.69) is 25.5 Å². The molecule has 0 aliphatic heterocycles. The maximum absolute atomic E-state index is 5.73. The number of aromatic nitrogens is 4. The van der Waals surface area contributed by atoms with E-state index in [4.69, 9.17) is 10.5 Å². The van der Waals surface area contributed by atoms with Gasteiger partial charge in [-0.2, -0.15) is 10.2 Å². The van der Waals surface area contributed by atoms with Crippen molar-refractivity contribution >= 4 is 11.6 Å². The molecule has 100 valence electrons. The highest BCUT2D eigenvalue weighted by atomic mass is 16.5. The second-order valence-electron chi connectivity index (χ2n) is 3.80. The Bertz CT molecular complexity index is 519. The zero-order valence-corrected chi connectivity index (χ0v) is 10.7. The van der Waals surface area contributed by atoms with Crippen molar-refractivity contribution in [2.75, 3.05) is 17.7 Å². The molecule has 0 atom stereocenters. The van der Waals surface area contributed by atoms with Crippen LogP contribution in [0, 0.1) is 0 Å². The lowest BCUT2D eigenvalue weighted by molar-refractivity contribution is 0.128. The third-order valence-corrected chi connectivity index (χ3v) is 2.31. The number of ether oxygens (including phenoxy) is 1. The van der Waals surface area contributed by atoms with E-state index in [0.717, 1.165) is 5.69 Å². The van der Waals surface area contributed by atoms with Gasteiger partial charge in [0.05, 0.1) is 12.2 Å². The third-order valence-electron chi connectivity index (χ3n) is 2.31. The second-order valence-corrected chi connectivity index (χ2v) is 3.80. The van der Waals surface area contributed by atoms with Gasteiger partial charge in [0.15, 0.2) is 5.82 Å². The lowest BCUT2D eigenvalue weighted by atomic mass is 10.4. The molecule has 0 aliphatic carbocycles. The Labute approximate surface area is 111 Å². The number of rotatable bonds is 6. The molecule has 3 N–H and O–H groups in total. The van der Waals surface area contributed by atoms with Gasteiger partial charge in [-0.3, -0.25) is 0 Å². The minimum Gasteiger partial charge on any atom is -0.384 e. The lowest BCUT2D eigenvalue weighted by Crippen LogP contribution is -2.08. The Kier molecular flexibility index (Phi) is 4.57. The highest BCUT2D eigenvalue weighted by molar-refractivity contribution is 5.44. The Morgan fingerprint density at radius 2 is 2.26 bits per heavy atom. The van der Waals surface area contributed by atoms with E-state index >= 15 is 0 Å². The molecule has 0 saturated carbocycles. The van der Waals surface area contributed by atoms with Crippen LogP contribution in [0.2, 0.25) is 0 Å². The first kappa shape index (κ1) is 13.2. The van der Waals surface area contributed by atoms with Crippen molar-refractivity contribution in [2.24, 2.45) is 0 Å². The molecule has 0 radical (unpaired) electrons. The van der Waals surface area contributed by atoms with Crippen LogP contribution in [0.3, 0.4) is 0 Å². The van der Waals surface area contributed by atoms with E-state index < -0.39 is 0 Å². The minimum absolute atomic E-state index is 0.349. The average Bonchev–Trinajstić information content (AvgIpc) is 2.43. The first-order chi connectivity index (χ1) is 9.28. The fourth-order valence-corrected chi connectivity index (χ4v) is 1.47. The van der Waals surface area contributed by atoms with Crippen molar-refractivity contribution in [3.63, 3.8) is 0 Å². The summed E-state index contributed by atoms with van der Waals surface area (Å²) < 4.78 is 5.26. The summed E-state index contributed by atoms with van der Waals surface area (Å²) in [5, 5.41) is 10.9. The second kappa shape index (κ2) is 6.60. The monoisotopic (exact) mass is 260 g/mol. The molecule has 0 unspecified atom stereocenters. The van der Waals surface area contributed by atoms with Crippen LogP contribution >= 0.6 is 0 Å². The van der Waals surface area contributed by atoms with Crippen LogP contribution < -0.4 is 11.1 Å². The molecule has 0 fully saturated rings. The number of nitrogens with one attached hydrogen (secondary N) is 1. The molecular weight excluding hydrogens is 244 g/mol. The predicted molar refractivity (Wildman–Crippen MR) is 71.1 cm³/mol. The van der Waals surface area contributed by atoms with Gasteiger partial charge in [-0.25, -0.2) is 9.97 Å². The summed E-state index contributed by atoms with van der Waals surface area (Å²) in [6, 6.07) is 5.39. The smallest absolute Gasteiger partial charge is 0.158 e. The van der Waals surface area contributed by atoms with E-state index in [0.29, 0.717) is 37.2 Å². The third kappa shape index (κ3) is 4.14. The van der Waals surface area contributed by atoms with Gasteiger partial charge in [-0.05, 0) is 19.1 Å². The van der Waals surface area contributed by atoms with E-state index in [1.165, 1.54) is 0 Å². The summed E-state index contributed by atoms with van der Waals surface area (Å²) >= 11 is 0. The van der Waals surface area contributed by atoms with Gasteiger partial charge in [0, 0.05) is 18.9 Å². The van der Waals surface area contributed by atoms with E-state index in [-0.39, 0.29) is 0 Å². The molecule has 19 heavy (non-hydrogen) atoms. The number of nitrogen functional groups attached to an aromatic ring is 1. The average molecular weight is 260 g/mol. The van der Waals surface area contributed by atoms with Crippen LogP contribution in [0.4, 0.5) is 11.6 Å². The van der Waals surface area contributed by atoms with Gasteiger partial charge in [0.2, 0.25) is 0 Å². The summed E-state index contributed by atoms with van der Waals surface area (Å²) in [5.41, 5.74) is 6.55. The summed E-state index contributed by atoms with van der Waals surface area (Å²) in [5.74, 6) is 1.61. The molecule has 0 amide bonds. The SMILES string of the molecule is CCOCc1nc(N)cc(NCc2cccnn2)n1. The van der Waals surface area contributed by atoms with Gasteiger partial charge in [-0.1, -0.05) is 0 Å². The molecule has 2 heterocycles. The van der Waals surface area contributed by atoms with Gasteiger partial charge in [0.25, 0.3) is 0 Å². The van der Waals surface area contributed by atoms with E-state index in [9.17, 15) is 0 Å². The Balaban J connectivity index is 2.01. The van der Waals surface area contributed by atoms with Gasteiger partial charge < -0.3 is 15.8 Å². The molecule has 0 saturated heterocycles. The molecule has 0 bridgehead atoms. The predicted octanol–water partition coefficient (Wildman–Crippen LogP) is 0.997. The molecule has 2 aromatic heterocycles. The van der Waals surface area contributed by atoms with Gasteiger partial charge >= 0.3 is 0 Å². The minimum atomic E-state index is 0.349. The topological polar surface area (TPSA) is 98.8 Å².